The van der Waals surface area contributed by atoms with E-state index in [1.54, 1.807) is 0 Å². The molecule has 2 atom stereocenters. The molecular weight excluding hydrogens is 184 g/mol. The van der Waals surface area contributed by atoms with Crippen LogP contribution in [0.15, 0.2) is 23.3 Å². The molecule has 0 saturated heterocycles. The van der Waals surface area contributed by atoms with E-state index >= 15 is 0 Å². The highest BCUT2D eigenvalue weighted by Gasteiger charge is 2.36. The Morgan fingerprint density at radius 2 is 2.00 bits per heavy atom. The fourth-order valence-electron chi connectivity index (χ4n) is 2.11. The zero-order valence-corrected chi connectivity index (χ0v) is 10.6. The van der Waals surface area contributed by atoms with Crippen LogP contribution in [0.25, 0.3) is 0 Å². The quantitative estimate of drug-likeness (QED) is 0.732. The first-order chi connectivity index (χ1) is 6.70. The normalized spacial score (nSPS) is 32.3. The van der Waals surface area contributed by atoms with E-state index in [1.165, 1.54) is 11.1 Å². The maximum atomic E-state index is 6.24. The van der Waals surface area contributed by atoms with Crippen molar-refractivity contribution in [2.24, 2.45) is 16.9 Å². The van der Waals surface area contributed by atoms with E-state index in [0.29, 0.717) is 0 Å². The van der Waals surface area contributed by atoms with Crippen molar-refractivity contribution in [3.8, 4) is 0 Å². The van der Waals surface area contributed by atoms with Crippen LogP contribution in [-0.4, -0.2) is 11.6 Å². The molecule has 0 spiro atoms. The molecule has 0 amide bonds. The number of hydrogen-bond acceptors (Lipinski definition) is 2. The van der Waals surface area contributed by atoms with Crippen molar-refractivity contribution in [1.29, 1.82) is 0 Å². The van der Waals surface area contributed by atoms with Crippen molar-refractivity contribution in [3.05, 3.63) is 23.3 Å². The Morgan fingerprint density at radius 1 is 1.47 bits per heavy atom. The van der Waals surface area contributed by atoms with E-state index in [-0.39, 0.29) is 11.5 Å². The smallest absolute Gasteiger partial charge is 0.0509 e. The molecule has 15 heavy (non-hydrogen) atoms. The summed E-state index contributed by atoms with van der Waals surface area (Å²) in [6.07, 6.45) is 5.34. The molecule has 2 nitrogen and oxygen atoms in total. The first-order valence-electron chi connectivity index (χ1n) is 5.66. The van der Waals surface area contributed by atoms with Gasteiger partial charge >= 0.3 is 0 Å². The molecular formula is C13H24N2. The molecule has 0 bridgehead atoms. The van der Waals surface area contributed by atoms with Gasteiger partial charge in [0.2, 0.25) is 0 Å². The van der Waals surface area contributed by atoms with E-state index in [9.17, 15) is 0 Å². The van der Waals surface area contributed by atoms with Crippen molar-refractivity contribution in [1.82, 2.24) is 0 Å². The summed E-state index contributed by atoms with van der Waals surface area (Å²) in [7, 11) is 0. The predicted molar refractivity (Wildman–Crippen MR) is 66.5 cm³/mol. The van der Waals surface area contributed by atoms with Crippen LogP contribution >= 0.6 is 0 Å². The average molecular weight is 208 g/mol. The van der Waals surface area contributed by atoms with E-state index in [0.717, 1.165) is 6.42 Å². The lowest BCUT2D eigenvalue weighted by atomic mass is 9.70. The number of nitrogens with two attached hydrogens (primary N) is 2. The first-order valence-corrected chi connectivity index (χ1v) is 5.66. The van der Waals surface area contributed by atoms with Crippen molar-refractivity contribution in [2.45, 2.75) is 52.6 Å². The lowest BCUT2D eigenvalue weighted by molar-refractivity contribution is 0.357. The van der Waals surface area contributed by atoms with E-state index in [1.807, 2.05) is 6.92 Å². The molecule has 0 aromatic rings. The molecule has 0 saturated carbocycles. The summed E-state index contributed by atoms with van der Waals surface area (Å²) in [4.78, 5) is 0. The molecule has 1 aliphatic carbocycles. The minimum Gasteiger partial charge on any atom is -0.322 e. The molecule has 0 aliphatic heterocycles. The van der Waals surface area contributed by atoms with Crippen molar-refractivity contribution in [3.63, 3.8) is 0 Å². The van der Waals surface area contributed by atoms with Gasteiger partial charge in [0.15, 0.2) is 0 Å². The van der Waals surface area contributed by atoms with Crippen LogP contribution in [-0.2, 0) is 0 Å². The second kappa shape index (κ2) is 3.76. The number of rotatable bonds is 2. The van der Waals surface area contributed by atoms with E-state index in [2.05, 4.69) is 39.8 Å². The summed E-state index contributed by atoms with van der Waals surface area (Å²) in [6.45, 7) is 10.7. The number of allylic oxidation sites excluding steroid dienone is 2. The standard InChI is InChI=1S/C13H24N2/c1-6-12(3,4)10-7-9(2)8-13(5,15)11(10)14/h7-8,11H,6,14-15H2,1-5H3. The first kappa shape index (κ1) is 12.5. The Morgan fingerprint density at radius 3 is 2.47 bits per heavy atom. The highest BCUT2D eigenvalue weighted by Crippen LogP contribution is 2.37. The number of hydrogen-bond donors (Lipinski definition) is 2. The van der Waals surface area contributed by atoms with Crippen LogP contribution in [0.1, 0.15) is 41.0 Å². The van der Waals surface area contributed by atoms with Crippen LogP contribution in [0.3, 0.4) is 0 Å². The Balaban J connectivity index is 3.15. The molecule has 1 rings (SSSR count). The van der Waals surface area contributed by atoms with Crippen LogP contribution in [0.2, 0.25) is 0 Å². The highest BCUT2D eigenvalue weighted by atomic mass is 14.8. The third-order valence-electron chi connectivity index (χ3n) is 3.59. The summed E-state index contributed by atoms with van der Waals surface area (Å²) in [5.74, 6) is 0. The van der Waals surface area contributed by atoms with Gasteiger partial charge in [0.1, 0.15) is 0 Å². The van der Waals surface area contributed by atoms with Gasteiger partial charge in [-0.2, -0.15) is 0 Å². The third kappa shape index (κ3) is 2.32. The molecule has 2 unspecified atom stereocenters. The Kier molecular flexibility index (Phi) is 3.13. The summed E-state index contributed by atoms with van der Waals surface area (Å²) < 4.78 is 0. The molecule has 0 aromatic heterocycles. The van der Waals surface area contributed by atoms with Gasteiger partial charge in [-0.15, -0.1) is 0 Å². The summed E-state index contributed by atoms with van der Waals surface area (Å²) >= 11 is 0. The topological polar surface area (TPSA) is 52.0 Å². The molecule has 4 N–H and O–H groups in total. The van der Waals surface area contributed by atoms with Gasteiger partial charge in [-0.05, 0) is 31.3 Å². The lowest BCUT2D eigenvalue weighted by Gasteiger charge is -2.41. The van der Waals surface area contributed by atoms with Crippen molar-refractivity contribution >= 4 is 0 Å². The van der Waals surface area contributed by atoms with E-state index in [4.69, 9.17) is 11.5 Å². The van der Waals surface area contributed by atoms with Gasteiger partial charge in [0.25, 0.3) is 0 Å². The van der Waals surface area contributed by atoms with Crippen LogP contribution in [0.4, 0.5) is 0 Å². The molecule has 86 valence electrons. The zero-order chi connectivity index (χ0) is 11.9. The molecule has 2 heteroatoms. The Bertz CT molecular complexity index is 308. The van der Waals surface area contributed by atoms with Crippen LogP contribution in [0, 0.1) is 5.41 Å². The van der Waals surface area contributed by atoms with Gasteiger partial charge in [0.05, 0.1) is 5.54 Å². The summed E-state index contributed by atoms with van der Waals surface area (Å²) in [5.41, 5.74) is 14.7. The summed E-state index contributed by atoms with van der Waals surface area (Å²) in [6, 6.07) is -0.0730. The lowest BCUT2D eigenvalue weighted by Crippen LogP contribution is -2.55. The third-order valence-corrected chi connectivity index (χ3v) is 3.59. The molecule has 0 radical (unpaired) electrons. The van der Waals surface area contributed by atoms with Crippen molar-refractivity contribution < 1.29 is 0 Å². The van der Waals surface area contributed by atoms with E-state index < -0.39 is 5.54 Å². The fraction of sp³-hybridized carbons (Fsp3) is 0.692. The molecule has 0 aromatic carbocycles. The monoisotopic (exact) mass is 208 g/mol. The Hall–Kier alpha value is -0.600. The second-order valence-electron chi connectivity index (χ2n) is 5.57. The SMILES string of the molecule is CCC(C)(C)C1=CC(C)=CC(C)(N)C1N. The minimum absolute atomic E-state index is 0.0730. The maximum absolute atomic E-state index is 6.24. The van der Waals surface area contributed by atoms with Gasteiger partial charge in [-0.3, -0.25) is 0 Å². The predicted octanol–water partition coefficient (Wildman–Crippen LogP) is 2.35. The molecule has 0 fully saturated rings. The zero-order valence-electron chi connectivity index (χ0n) is 10.6. The van der Waals surface area contributed by atoms with Crippen LogP contribution < -0.4 is 11.5 Å². The van der Waals surface area contributed by atoms with Gasteiger partial charge in [0, 0.05) is 6.04 Å². The van der Waals surface area contributed by atoms with Gasteiger partial charge < -0.3 is 11.5 Å². The molecule has 0 heterocycles. The Labute approximate surface area is 93.4 Å². The summed E-state index contributed by atoms with van der Waals surface area (Å²) in [5, 5.41) is 0. The van der Waals surface area contributed by atoms with Gasteiger partial charge in [-0.25, -0.2) is 0 Å². The van der Waals surface area contributed by atoms with Crippen molar-refractivity contribution in [2.75, 3.05) is 0 Å². The van der Waals surface area contributed by atoms with Crippen LogP contribution in [0.5, 0.6) is 0 Å². The minimum atomic E-state index is -0.416. The average Bonchev–Trinajstić information content (AvgIpc) is 2.10. The fourth-order valence-corrected chi connectivity index (χ4v) is 2.11. The highest BCUT2D eigenvalue weighted by molar-refractivity contribution is 5.40. The maximum Gasteiger partial charge on any atom is 0.0509 e. The molecule has 1 aliphatic rings. The van der Waals surface area contributed by atoms with Gasteiger partial charge in [-0.1, -0.05) is 38.5 Å². The second-order valence-corrected chi connectivity index (χ2v) is 5.57. The largest absolute Gasteiger partial charge is 0.322 e.